The van der Waals surface area contributed by atoms with E-state index in [1.807, 2.05) is 6.07 Å². The number of nitrogens with zero attached hydrogens (tertiary/aromatic N) is 4. The fourth-order valence-electron chi connectivity index (χ4n) is 10.2. The van der Waals surface area contributed by atoms with Gasteiger partial charge in [-0.1, -0.05) is 152 Å². The van der Waals surface area contributed by atoms with Crippen molar-refractivity contribution in [3.63, 3.8) is 0 Å². The Kier molecular flexibility index (Phi) is 8.88. The van der Waals surface area contributed by atoms with Crippen molar-refractivity contribution < 1.29 is 0 Å². The first-order valence-corrected chi connectivity index (χ1v) is 21.9. The average molecular weight is 797 g/mol. The molecule has 3 heterocycles. The smallest absolute Gasteiger partial charge is 0.160 e. The molecule has 0 saturated heterocycles. The lowest BCUT2D eigenvalue weighted by Crippen LogP contribution is -2.32. The number of aromatic nitrogens is 3. The summed E-state index contributed by atoms with van der Waals surface area (Å²) in [5, 5.41) is 2.54. The Balaban J connectivity index is 0.903. The van der Waals surface area contributed by atoms with Crippen molar-refractivity contribution in [1.82, 2.24) is 14.5 Å². The highest BCUT2D eigenvalue weighted by Crippen LogP contribution is 2.47. The lowest BCUT2D eigenvalue weighted by Gasteiger charge is -2.32. The normalized spacial score (nSPS) is 18.0. The van der Waals surface area contributed by atoms with Crippen LogP contribution in [0.2, 0.25) is 0 Å². The maximum absolute atomic E-state index is 5.26. The van der Waals surface area contributed by atoms with Crippen LogP contribution in [-0.2, 0) is 0 Å². The summed E-state index contributed by atoms with van der Waals surface area (Å²) in [5.41, 5.74) is 17.8. The molecule has 2 aromatic heterocycles. The quantitative estimate of drug-likeness (QED) is 0.161. The Bertz CT molecular complexity index is 3210. The van der Waals surface area contributed by atoms with Crippen LogP contribution in [0.5, 0.6) is 0 Å². The third kappa shape index (κ3) is 6.30. The number of allylic oxidation sites excluding steroid dienone is 10. The molecule has 0 saturated carbocycles. The van der Waals surface area contributed by atoms with E-state index in [-0.39, 0.29) is 0 Å². The molecule has 8 aromatic rings. The van der Waals surface area contributed by atoms with Crippen LogP contribution in [0.15, 0.2) is 212 Å². The molecule has 4 nitrogen and oxygen atoms in total. The van der Waals surface area contributed by atoms with E-state index in [1.165, 1.54) is 66.7 Å². The highest BCUT2D eigenvalue weighted by molar-refractivity contribution is 6.09. The predicted octanol–water partition coefficient (Wildman–Crippen LogP) is 14.3. The molecule has 0 N–H and O–H groups in total. The number of benzene rings is 6. The van der Waals surface area contributed by atoms with Gasteiger partial charge in [-0.3, -0.25) is 0 Å². The molecule has 3 aliphatic carbocycles. The van der Waals surface area contributed by atoms with Crippen molar-refractivity contribution in [2.45, 2.75) is 37.6 Å². The summed E-state index contributed by atoms with van der Waals surface area (Å²) in [4.78, 5) is 13.1. The van der Waals surface area contributed by atoms with E-state index >= 15 is 0 Å². The Hall–Kier alpha value is -7.56. The highest BCUT2D eigenvalue weighted by Gasteiger charge is 2.38. The van der Waals surface area contributed by atoms with Gasteiger partial charge in [0.1, 0.15) is 0 Å². The molecule has 2 atom stereocenters. The van der Waals surface area contributed by atoms with Crippen molar-refractivity contribution in [2.24, 2.45) is 0 Å². The van der Waals surface area contributed by atoms with Gasteiger partial charge in [0.2, 0.25) is 0 Å². The van der Waals surface area contributed by atoms with E-state index in [2.05, 4.69) is 210 Å². The molecule has 2 unspecified atom stereocenters. The van der Waals surface area contributed by atoms with E-state index in [1.54, 1.807) is 0 Å². The topological polar surface area (TPSA) is 34.0 Å². The molecule has 62 heavy (non-hydrogen) atoms. The van der Waals surface area contributed by atoms with Crippen molar-refractivity contribution in [3.8, 4) is 28.3 Å². The molecular formula is C58H44N4. The van der Waals surface area contributed by atoms with Crippen LogP contribution in [0.3, 0.4) is 0 Å². The van der Waals surface area contributed by atoms with Gasteiger partial charge in [0.05, 0.1) is 28.5 Å². The molecule has 0 fully saturated rings. The van der Waals surface area contributed by atoms with Gasteiger partial charge in [-0.2, -0.15) is 0 Å². The van der Waals surface area contributed by atoms with Crippen molar-refractivity contribution in [3.05, 3.63) is 234 Å². The predicted molar refractivity (Wildman–Crippen MR) is 258 cm³/mol. The van der Waals surface area contributed by atoms with Crippen LogP contribution in [0.4, 0.5) is 5.69 Å². The summed E-state index contributed by atoms with van der Waals surface area (Å²) in [7, 11) is 0. The average Bonchev–Trinajstić information content (AvgIpc) is 3.87. The number of para-hydroxylation sites is 3. The Morgan fingerprint density at radius 3 is 2.05 bits per heavy atom. The first-order valence-electron chi connectivity index (χ1n) is 21.9. The van der Waals surface area contributed by atoms with Crippen LogP contribution in [0.25, 0.3) is 66.9 Å². The van der Waals surface area contributed by atoms with E-state index in [0.717, 1.165) is 59.6 Å². The summed E-state index contributed by atoms with van der Waals surface area (Å²) in [6, 6.07) is 57.2. The molecule has 0 amide bonds. The summed E-state index contributed by atoms with van der Waals surface area (Å²) in [6.07, 6.45) is 22.6. The van der Waals surface area contributed by atoms with Crippen LogP contribution in [0, 0.1) is 0 Å². The maximum atomic E-state index is 5.26. The molecule has 4 heteroatoms. The van der Waals surface area contributed by atoms with Gasteiger partial charge >= 0.3 is 0 Å². The standard InChI is InChI=1S/C58H44N4/c1-2-16-39(17-3-1)58-59-52(44-22-12-18-40(34-44)42-20-14-24-46(36-42)61-54-30-8-4-26-48(54)49-27-5-9-31-55(49)61)38-53(60-58)45-23-13-19-41(35-45)43-21-15-25-47(37-43)62-56-32-10-6-28-50(56)51-29-7-11-33-57(51)62/h1-12,15-18,20-23,25-38,48,54H,13-14,19,24H2. The minimum Gasteiger partial charge on any atom is -0.337 e. The first kappa shape index (κ1) is 36.3. The van der Waals surface area contributed by atoms with Gasteiger partial charge < -0.3 is 9.47 Å². The van der Waals surface area contributed by atoms with E-state index in [9.17, 15) is 0 Å². The summed E-state index contributed by atoms with van der Waals surface area (Å²) >= 11 is 0. The maximum Gasteiger partial charge on any atom is 0.160 e. The number of hydrogen-bond acceptors (Lipinski definition) is 3. The van der Waals surface area contributed by atoms with E-state index in [0.29, 0.717) is 12.0 Å². The van der Waals surface area contributed by atoms with Crippen LogP contribution in [0.1, 0.15) is 54.0 Å². The zero-order chi connectivity index (χ0) is 41.0. The third-order valence-corrected chi connectivity index (χ3v) is 13.1. The minimum atomic E-state index is 0.304. The van der Waals surface area contributed by atoms with Crippen molar-refractivity contribution in [2.75, 3.05) is 4.90 Å². The Morgan fingerprint density at radius 2 is 1.18 bits per heavy atom. The van der Waals surface area contributed by atoms with Crippen molar-refractivity contribution in [1.29, 1.82) is 0 Å². The Labute approximate surface area is 362 Å². The molecule has 4 aliphatic rings. The fraction of sp³-hybridized carbons (Fsp3) is 0.103. The molecule has 0 bridgehead atoms. The fourth-order valence-corrected chi connectivity index (χ4v) is 10.2. The van der Waals surface area contributed by atoms with Crippen LogP contribution < -0.4 is 4.90 Å². The lowest BCUT2D eigenvalue weighted by atomic mass is 9.91. The van der Waals surface area contributed by atoms with Gasteiger partial charge in [-0.25, -0.2) is 9.97 Å². The molecule has 296 valence electrons. The van der Waals surface area contributed by atoms with E-state index < -0.39 is 0 Å². The second kappa shape index (κ2) is 15.2. The molecular weight excluding hydrogens is 753 g/mol. The minimum absolute atomic E-state index is 0.304. The van der Waals surface area contributed by atoms with Gasteiger partial charge in [-0.05, 0) is 114 Å². The summed E-state index contributed by atoms with van der Waals surface area (Å²) in [5.74, 6) is 1.11. The summed E-state index contributed by atoms with van der Waals surface area (Å²) in [6.45, 7) is 0. The molecule has 0 spiro atoms. The van der Waals surface area contributed by atoms with E-state index in [4.69, 9.17) is 9.97 Å². The molecule has 0 radical (unpaired) electrons. The molecule has 1 aliphatic heterocycles. The summed E-state index contributed by atoms with van der Waals surface area (Å²) < 4.78 is 2.40. The number of rotatable bonds is 7. The molecule has 6 aromatic carbocycles. The second-order valence-corrected chi connectivity index (χ2v) is 16.7. The number of anilines is 1. The zero-order valence-corrected chi connectivity index (χ0v) is 34.4. The largest absolute Gasteiger partial charge is 0.337 e. The Morgan fingerprint density at radius 1 is 0.500 bits per heavy atom. The zero-order valence-electron chi connectivity index (χ0n) is 34.4. The van der Waals surface area contributed by atoms with Gasteiger partial charge in [0.15, 0.2) is 5.82 Å². The van der Waals surface area contributed by atoms with Gasteiger partial charge in [0.25, 0.3) is 0 Å². The second-order valence-electron chi connectivity index (χ2n) is 16.7. The monoisotopic (exact) mass is 796 g/mol. The van der Waals surface area contributed by atoms with Crippen LogP contribution in [-0.4, -0.2) is 20.6 Å². The van der Waals surface area contributed by atoms with Crippen molar-refractivity contribution >= 4 is 44.2 Å². The molecule has 12 rings (SSSR count). The third-order valence-electron chi connectivity index (χ3n) is 13.1. The van der Waals surface area contributed by atoms with Gasteiger partial charge in [0, 0.05) is 44.9 Å². The number of hydrogen-bond donors (Lipinski definition) is 0. The SMILES string of the molecule is C1=CC2c3ccccc3N(C3=CC(c4cccc(-c5cc(C6=CCCC(c7cccc(-n8c9ccccc9c9ccccc98)c7)=C6)nc(-c6ccccc6)n5)c4)=CCC3)C2C=C1. The van der Waals surface area contributed by atoms with Crippen LogP contribution >= 0.6 is 0 Å². The lowest BCUT2D eigenvalue weighted by molar-refractivity contribution is 0.702. The highest BCUT2D eigenvalue weighted by atomic mass is 15.2. The first-order chi connectivity index (χ1) is 30.7. The number of fused-ring (bicyclic) bond motifs is 6. The van der Waals surface area contributed by atoms with Gasteiger partial charge in [-0.15, -0.1) is 0 Å².